The van der Waals surface area contributed by atoms with E-state index in [1.54, 1.807) is 0 Å². The summed E-state index contributed by atoms with van der Waals surface area (Å²) in [6.07, 6.45) is 2.07. The summed E-state index contributed by atoms with van der Waals surface area (Å²) in [5, 5.41) is 0. The molecule has 0 spiro atoms. The van der Waals surface area contributed by atoms with E-state index < -0.39 is 32.5 Å². The number of benzene rings is 1. The van der Waals surface area contributed by atoms with E-state index in [9.17, 15) is 17.2 Å². The monoisotopic (exact) mass is 482 g/mol. The van der Waals surface area contributed by atoms with Gasteiger partial charge in [0.15, 0.2) is 10.7 Å². The van der Waals surface area contributed by atoms with Crippen molar-refractivity contribution in [2.24, 2.45) is 11.3 Å². The molecular formula is C23H29F3N4O2S. The Kier molecular flexibility index (Phi) is 6.34. The summed E-state index contributed by atoms with van der Waals surface area (Å²) in [5.74, 6) is -3.24. The van der Waals surface area contributed by atoms with E-state index in [1.807, 2.05) is 9.62 Å². The molecule has 2 aliphatic rings. The van der Waals surface area contributed by atoms with Crippen LogP contribution in [-0.2, 0) is 10.0 Å². The summed E-state index contributed by atoms with van der Waals surface area (Å²) in [6.45, 7) is 10.3. The van der Waals surface area contributed by atoms with Crippen molar-refractivity contribution in [1.82, 2.24) is 9.88 Å². The Bertz CT molecular complexity index is 1160. The Morgan fingerprint density at radius 2 is 1.97 bits per heavy atom. The standard InChI is InChI=1S/C23H29F3N4O2S/c1-15-18(30-9-7-16(13-30)12-29-10-8-23(2,3)14-29)11-17(24)22(21(15)26)33(31,32)28-20-6-4-5-19(25)27-20/h4-6,11,16H,7-10,12-14H2,1-3H3,(H,27,28). The lowest BCUT2D eigenvalue weighted by molar-refractivity contribution is 0.257. The predicted molar refractivity (Wildman–Crippen MR) is 121 cm³/mol. The molecule has 3 heterocycles. The summed E-state index contributed by atoms with van der Waals surface area (Å²) in [7, 11) is -4.65. The van der Waals surface area contributed by atoms with Crippen LogP contribution in [0.2, 0.25) is 0 Å². The molecule has 2 saturated heterocycles. The first-order valence-corrected chi connectivity index (χ1v) is 12.5. The molecule has 2 fully saturated rings. The van der Waals surface area contributed by atoms with Gasteiger partial charge in [-0.05, 0) is 55.8 Å². The average Bonchev–Trinajstić information content (AvgIpc) is 3.30. The van der Waals surface area contributed by atoms with Gasteiger partial charge in [-0.1, -0.05) is 19.9 Å². The van der Waals surface area contributed by atoms with Gasteiger partial charge in [0.25, 0.3) is 10.0 Å². The van der Waals surface area contributed by atoms with Crippen molar-refractivity contribution in [1.29, 1.82) is 0 Å². The highest BCUT2D eigenvalue weighted by atomic mass is 32.2. The van der Waals surface area contributed by atoms with Crippen LogP contribution >= 0.6 is 0 Å². The number of halogens is 3. The zero-order valence-electron chi connectivity index (χ0n) is 19.0. The summed E-state index contributed by atoms with van der Waals surface area (Å²) >= 11 is 0. The molecule has 0 radical (unpaired) electrons. The van der Waals surface area contributed by atoms with Gasteiger partial charge in [-0.25, -0.2) is 22.2 Å². The zero-order chi connectivity index (χ0) is 24.0. The van der Waals surface area contributed by atoms with E-state index in [2.05, 4.69) is 23.7 Å². The van der Waals surface area contributed by atoms with Gasteiger partial charge < -0.3 is 9.80 Å². The third-order valence-corrected chi connectivity index (χ3v) is 7.90. The van der Waals surface area contributed by atoms with Gasteiger partial charge in [-0.3, -0.25) is 4.72 Å². The van der Waals surface area contributed by atoms with Crippen molar-refractivity contribution < 1.29 is 21.6 Å². The highest BCUT2D eigenvalue weighted by molar-refractivity contribution is 7.92. The second kappa shape index (κ2) is 8.79. The van der Waals surface area contributed by atoms with Crippen LogP contribution in [0, 0.1) is 35.8 Å². The molecule has 6 nitrogen and oxygen atoms in total. The quantitative estimate of drug-likeness (QED) is 0.627. The van der Waals surface area contributed by atoms with Crippen molar-refractivity contribution >= 4 is 21.5 Å². The van der Waals surface area contributed by atoms with Crippen molar-refractivity contribution in [3.63, 3.8) is 0 Å². The van der Waals surface area contributed by atoms with Gasteiger partial charge in [0.2, 0.25) is 5.95 Å². The lowest BCUT2D eigenvalue weighted by Gasteiger charge is -2.25. The highest BCUT2D eigenvalue weighted by Gasteiger charge is 2.34. The number of pyridine rings is 1. The van der Waals surface area contributed by atoms with Crippen molar-refractivity contribution in [3.05, 3.63) is 47.4 Å². The van der Waals surface area contributed by atoms with E-state index in [0.717, 1.165) is 44.6 Å². The number of nitrogens with zero attached hydrogens (tertiary/aromatic N) is 3. The lowest BCUT2D eigenvalue weighted by atomic mass is 9.93. The smallest absolute Gasteiger partial charge is 0.268 e. The molecule has 10 heteroatoms. The van der Waals surface area contributed by atoms with Crippen molar-refractivity contribution in [3.8, 4) is 0 Å². The van der Waals surface area contributed by atoms with E-state index in [1.165, 1.54) is 19.1 Å². The van der Waals surface area contributed by atoms with Gasteiger partial charge in [0.05, 0.1) is 0 Å². The predicted octanol–water partition coefficient (Wildman–Crippen LogP) is 4.17. The Balaban J connectivity index is 1.52. The third kappa shape index (κ3) is 5.11. The minimum atomic E-state index is -4.65. The SMILES string of the molecule is Cc1c(N2CCC(CN3CCC(C)(C)C3)C2)cc(F)c(S(=O)(=O)Nc2cccc(F)n2)c1F. The number of likely N-dealkylation sites (tertiary alicyclic amines) is 1. The number of sulfonamides is 1. The molecule has 1 unspecified atom stereocenters. The maximum atomic E-state index is 15.2. The summed E-state index contributed by atoms with van der Waals surface area (Å²) in [5.41, 5.74) is 0.737. The lowest BCUT2D eigenvalue weighted by Crippen LogP contribution is -2.31. The van der Waals surface area contributed by atoms with Gasteiger partial charge in [0.1, 0.15) is 11.6 Å². The number of aromatic nitrogens is 1. The van der Waals surface area contributed by atoms with Crippen LogP contribution in [-0.4, -0.2) is 51.0 Å². The first-order valence-electron chi connectivity index (χ1n) is 11.1. The third-order valence-electron chi connectivity index (χ3n) is 6.52. The van der Waals surface area contributed by atoms with E-state index in [4.69, 9.17) is 0 Å². The largest absolute Gasteiger partial charge is 0.371 e. The number of nitrogens with one attached hydrogen (secondary N) is 1. The Morgan fingerprint density at radius 1 is 1.21 bits per heavy atom. The van der Waals surface area contributed by atoms with E-state index >= 15 is 4.39 Å². The Labute approximate surface area is 192 Å². The molecule has 180 valence electrons. The second-order valence-electron chi connectivity index (χ2n) is 9.85. The van der Waals surface area contributed by atoms with Crippen LogP contribution < -0.4 is 9.62 Å². The molecule has 1 aromatic carbocycles. The molecule has 0 saturated carbocycles. The molecular weight excluding hydrogens is 453 g/mol. The van der Waals surface area contributed by atoms with Gasteiger partial charge >= 0.3 is 0 Å². The molecule has 0 amide bonds. The minimum absolute atomic E-state index is 0.0620. The molecule has 0 aliphatic carbocycles. The van der Waals surface area contributed by atoms with Crippen molar-refractivity contribution in [2.75, 3.05) is 42.3 Å². The first-order chi connectivity index (χ1) is 15.4. The van der Waals surface area contributed by atoms with Crippen LogP contribution in [0.3, 0.4) is 0 Å². The fourth-order valence-electron chi connectivity index (χ4n) is 4.86. The molecule has 1 atom stereocenters. The van der Waals surface area contributed by atoms with Crippen LogP contribution in [0.1, 0.15) is 32.3 Å². The van der Waals surface area contributed by atoms with Crippen LogP contribution in [0.4, 0.5) is 24.7 Å². The Hall–Kier alpha value is -2.33. The fourth-order valence-corrected chi connectivity index (χ4v) is 6.05. The maximum absolute atomic E-state index is 15.2. The topological polar surface area (TPSA) is 65.5 Å². The van der Waals surface area contributed by atoms with E-state index in [-0.39, 0.29) is 11.4 Å². The van der Waals surface area contributed by atoms with Gasteiger partial charge in [-0.2, -0.15) is 4.39 Å². The molecule has 2 aromatic rings. The number of hydrogen-bond donors (Lipinski definition) is 1. The number of anilines is 2. The molecule has 0 bridgehead atoms. The second-order valence-corrected chi connectivity index (χ2v) is 11.5. The molecule has 2 aliphatic heterocycles. The van der Waals surface area contributed by atoms with E-state index in [0.29, 0.717) is 30.1 Å². The summed E-state index contributed by atoms with van der Waals surface area (Å²) < 4.78 is 70.7. The first kappa shape index (κ1) is 23.8. The number of hydrogen-bond acceptors (Lipinski definition) is 5. The van der Waals surface area contributed by atoms with Gasteiger partial charge in [0, 0.05) is 37.4 Å². The molecule has 1 aromatic heterocycles. The Morgan fingerprint density at radius 3 is 2.64 bits per heavy atom. The van der Waals surface area contributed by atoms with Crippen molar-refractivity contribution in [2.45, 2.75) is 38.5 Å². The van der Waals surface area contributed by atoms with Crippen LogP contribution in [0.5, 0.6) is 0 Å². The molecule has 1 N–H and O–H groups in total. The molecule has 33 heavy (non-hydrogen) atoms. The van der Waals surface area contributed by atoms with Crippen LogP contribution in [0.25, 0.3) is 0 Å². The minimum Gasteiger partial charge on any atom is -0.371 e. The summed E-state index contributed by atoms with van der Waals surface area (Å²) in [4.78, 5) is 6.67. The highest BCUT2D eigenvalue weighted by Crippen LogP contribution is 2.35. The number of rotatable bonds is 6. The van der Waals surface area contributed by atoms with Gasteiger partial charge in [-0.15, -0.1) is 0 Å². The normalized spacial score (nSPS) is 21.0. The van der Waals surface area contributed by atoms with Crippen LogP contribution in [0.15, 0.2) is 29.2 Å². The zero-order valence-corrected chi connectivity index (χ0v) is 19.9. The summed E-state index contributed by atoms with van der Waals surface area (Å²) in [6, 6.07) is 4.55. The maximum Gasteiger partial charge on any atom is 0.268 e. The average molecular weight is 483 g/mol. The molecule has 4 rings (SSSR count). The fraction of sp³-hybridized carbons (Fsp3) is 0.522.